The molecule has 0 bridgehead atoms. The molecule has 1 saturated heterocycles. The molecule has 0 aromatic carbocycles. The van der Waals surface area contributed by atoms with Crippen LogP contribution < -0.4 is 0 Å². The van der Waals surface area contributed by atoms with E-state index in [0.717, 1.165) is 11.5 Å². The Labute approximate surface area is 166 Å². The second kappa shape index (κ2) is 12.3. The molecule has 11 heteroatoms. The Hall–Kier alpha value is -1.17. The number of methoxy groups -OCH3 is 2. The van der Waals surface area contributed by atoms with Gasteiger partial charge in [0.2, 0.25) is 0 Å². The van der Waals surface area contributed by atoms with Crippen LogP contribution in [0.2, 0.25) is 0 Å². The number of hydrogen-bond acceptors (Lipinski definition) is 11. The van der Waals surface area contributed by atoms with Crippen molar-refractivity contribution in [2.45, 2.75) is 26.1 Å². The summed E-state index contributed by atoms with van der Waals surface area (Å²) in [7, 11) is 6.43. The van der Waals surface area contributed by atoms with Gasteiger partial charge in [0.1, 0.15) is 13.2 Å². The van der Waals surface area contributed by atoms with Crippen molar-refractivity contribution in [3.8, 4) is 0 Å². The van der Waals surface area contributed by atoms with Crippen LogP contribution in [0.1, 0.15) is 13.8 Å². The summed E-state index contributed by atoms with van der Waals surface area (Å²) in [6, 6.07) is 0. The molecule has 0 N–H and O–H groups in total. The molecule has 0 aromatic heterocycles. The van der Waals surface area contributed by atoms with Gasteiger partial charge in [-0.1, -0.05) is 21.6 Å². The SMILES string of the molecule is COCCOC(=O)C(C)OC(=O)C(C)OC(=O)OCC1(COC)CSSC1. The maximum atomic E-state index is 11.9. The molecule has 0 aromatic rings. The quantitative estimate of drug-likeness (QED) is 0.208. The first-order chi connectivity index (χ1) is 12.8. The molecule has 27 heavy (non-hydrogen) atoms. The monoisotopic (exact) mass is 426 g/mol. The summed E-state index contributed by atoms with van der Waals surface area (Å²) in [5.41, 5.74) is -0.271. The average molecular weight is 427 g/mol. The van der Waals surface area contributed by atoms with Crippen LogP contribution >= 0.6 is 21.6 Å². The second-order valence-electron chi connectivity index (χ2n) is 6.00. The van der Waals surface area contributed by atoms with Crippen molar-refractivity contribution in [2.24, 2.45) is 5.41 Å². The minimum Gasteiger partial charge on any atom is -0.461 e. The standard InChI is InChI=1S/C16H26O9S2/c1-11(13(17)22-6-5-20-3)24-14(18)12(2)25-15(19)23-8-16(7-21-4)9-26-27-10-16/h11-12H,5-10H2,1-4H3. The Balaban J connectivity index is 2.36. The fourth-order valence-corrected chi connectivity index (χ4v) is 5.32. The number of esters is 2. The van der Waals surface area contributed by atoms with Gasteiger partial charge in [0.15, 0.2) is 12.2 Å². The number of rotatable bonds is 11. The molecule has 1 aliphatic rings. The molecule has 0 radical (unpaired) electrons. The zero-order valence-corrected chi connectivity index (χ0v) is 17.5. The molecule has 0 spiro atoms. The van der Waals surface area contributed by atoms with E-state index in [0.29, 0.717) is 6.61 Å². The van der Waals surface area contributed by atoms with E-state index in [9.17, 15) is 14.4 Å². The van der Waals surface area contributed by atoms with Gasteiger partial charge >= 0.3 is 18.1 Å². The highest BCUT2D eigenvalue weighted by molar-refractivity contribution is 8.77. The predicted molar refractivity (Wildman–Crippen MR) is 99.5 cm³/mol. The lowest BCUT2D eigenvalue weighted by Gasteiger charge is -2.25. The average Bonchev–Trinajstić information content (AvgIpc) is 3.09. The van der Waals surface area contributed by atoms with Crippen LogP contribution in [0.3, 0.4) is 0 Å². The molecule has 0 aliphatic carbocycles. The summed E-state index contributed by atoms with van der Waals surface area (Å²) in [6.07, 6.45) is -3.33. The molecule has 9 nitrogen and oxygen atoms in total. The molecule has 0 amide bonds. The van der Waals surface area contributed by atoms with Crippen LogP contribution in [0.25, 0.3) is 0 Å². The van der Waals surface area contributed by atoms with Crippen molar-refractivity contribution in [2.75, 3.05) is 52.2 Å². The van der Waals surface area contributed by atoms with Gasteiger partial charge in [-0.2, -0.15) is 0 Å². The maximum absolute atomic E-state index is 11.9. The largest absolute Gasteiger partial charge is 0.509 e. The molecule has 1 fully saturated rings. The Morgan fingerprint density at radius 3 is 2.07 bits per heavy atom. The van der Waals surface area contributed by atoms with Gasteiger partial charge < -0.3 is 28.4 Å². The fraction of sp³-hybridized carbons (Fsp3) is 0.812. The van der Waals surface area contributed by atoms with E-state index in [-0.39, 0.29) is 25.2 Å². The van der Waals surface area contributed by atoms with Crippen LogP contribution in [0.15, 0.2) is 0 Å². The summed E-state index contributed by atoms with van der Waals surface area (Å²) in [5.74, 6) is -0.00679. The molecule has 2 unspecified atom stereocenters. The van der Waals surface area contributed by atoms with Crippen molar-refractivity contribution in [3.63, 3.8) is 0 Å². The number of ether oxygens (including phenoxy) is 6. The Morgan fingerprint density at radius 2 is 1.48 bits per heavy atom. The van der Waals surface area contributed by atoms with Gasteiger partial charge in [0.05, 0.1) is 13.2 Å². The Morgan fingerprint density at radius 1 is 0.852 bits per heavy atom. The molecule has 1 aliphatic heterocycles. The maximum Gasteiger partial charge on any atom is 0.509 e. The van der Waals surface area contributed by atoms with Gasteiger partial charge in [0, 0.05) is 31.1 Å². The highest BCUT2D eigenvalue weighted by Crippen LogP contribution is 2.43. The van der Waals surface area contributed by atoms with E-state index in [1.807, 2.05) is 0 Å². The first-order valence-corrected chi connectivity index (χ1v) is 10.7. The summed E-state index contributed by atoms with van der Waals surface area (Å²) < 4.78 is 29.8. The van der Waals surface area contributed by atoms with E-state index in [1.54, 1.807) is 28.7 Å². The van der Waals surface area contributed by atoms with Crippen molar-refractivity contribution in [1.29, 1.82) is 0 Å². The number of carbonyl (C=O) groups is 3. The summed E-state index contributed by atoms with van der Waals surface area (Å²) in [6.45, 7) is 3.57. The third-order valence-electron chi connectivity index (χ3n) is 3.52. The van der Waals surface area contributed by atoms with E-state index in [2.05, 4.69) is 0 Å². The van der Waals surface area contributed by atoms with Crippen LogP contribution in [-0.2, 0) is 38.0 Å². The van der Waals surface area contributed by atoms with Crippen LogP contribution in [-0.4, -0.2) is 82.5 Å². The third kappa shape index (κ3) is 8.58. The summed E-state index contributed by atoms with van der Waals surface area (Å²) in [4.78, 5) is 35.4. The first-order valence-electron chi connectivity index (χ1n) is 8.26. The van der Waals surface area contributed by atoms with Gasteiger partial charge in [-0.3, -0.25) is 0 Å². The second-order valence-corrected chi connectivity index (χ2v) is 8.46. The fourth-order valence-electron chi connectivity index (χ4n) is 1.99. The molecule has 0 saturated carbocycles. The van der Waals surface area contributed by atoms with E-state index < -0.39 is 30.3 Å². The topological polar surface area (TPSA) is 107 Å². The Bertz CT molecular complexity index is 494. The molecule has 1 rings (SSSR count). The Kier molecular flexibility index (Phi) is 10.9. The van der Waals surface area contributed by atoms with Crippen molar-refractivity contribution < 1.29 is 42.8 Å². The number of carbonyl (C=O) groups excluding carboxylic acids is 3. The molecule has 2 atom stereocenters. The minimum atomic E-state index is -1.22. The third-order valence-corrected chi connectivity index (χ3v) is 6.36. The van der Waals surface area contributed by atoms with E-state index >= 15 is 0 Å². The predicted octanol–water partition coefficient (Wildman–Crippen LogP) is 1.68. The van der Waals surface area contributed by atoms with Gasteiger partial charge in [-0.25, -0.2) is 14.4 Å². The van der Waals surface area contributed by atoms with Gasteiger partial charge in [0.25, 0.3) is 0 Å². The summed E-state index contributed by atoms with van der Waals surface area (Å²) >= 11 is 0. The molecular weight excluding hydrogens is 400 g/mol. The van der Waals surface area contributed by atoms with E-state index in [4.69, 9.17) is 28.4 Å². The lowest BCUT2D eigenvalue weighted by atomic mass is 9.95. The van der Waals surface area contributed by atoms with E-state index in [1.165, 1.54) is 21.0 Å². The highest BCUT2D eigenvalue weighted by atomic mass is 33.1. The zero-order chi connectivity index (χ0) is 20.3. The number of hydrogen-bond donors (Lipinski definition) is 0. The van der Waals surface area contributed by atoms with Gasteiger partial charge in [-0.15, -0.1) is 0 Å². The van der Waals surface area contributed by atoms with Crippen molar-refractivity contribution >= 4 is 39.7 Å². The molecular formula is C16H26O9S2. The smallest absolute Gasteiger partial charge is 0.461 e. The first kappa shape index (κ1) is 23.9. The normalized spacial score (nSPS) is 17.6. The lowest BCUT2D eigenvalue weighted by molar-refractivity contribution is -0.172. The van der Waals surface area contributed by atoms with Gasteiger partial charge in [-0.05, 0) is 13.8 Å². The van der Waals surface area contributed by atoms with Crippen LogP contribution in [0.4, 0.5) is 4.79 Å². The highest BCUT2D eigenvalue weighted by Gasteiger charge is 2.37. The summed E-state index contributed by atoms with van der Waals surface area (Å²) in [5, 5.41) is 0. The van der Waals surface area contributed by atoms with Crippen molar-refractivity contribution in [3.05, 3.63) is 0 Å². The molecule has 156 valence electrons. The minimum absolute atomic E-state index is 0.0510. The molecule has 1 heterocycles. The van der Waals surface area contributed by atoms with Crippen molar-refractivity contribution in [1.82, 2.24) is 0 Å². The van der Waals surface area contributed by atoms with Crippen LogP contribution in [0.5, 0.6) is 0 Å². The zero-order valence-electron chi connectivity index (χ0n) is 15.9. The lowest BCUT2D eigenvalue weighted by Crippen LogP contribution is -2.37. The van der Waals surface area contributed by atoms with Crippen LogP contribution in [0, 0.1) is 5.41 Å².